The molecule has 1 aliphatic rings. The van der Waals surface area contributed by atoms with E-state index in [-0.39, 0.29) is 5.75 Å². The summed E-state index contributed by atoms with van der Waals surface area (Å²) in [5, 5.41) is -2.79. The zero-order valence-corrected chi connectivity index (χ0v) is 4.85. The maximum absolute atomic E-state index is 11.9. The van der Waals surface area contributed by atoms with Gasteiger partial charge in [0.25, 0.3) is 5.25 Å². The zero-order chi connectivity index (χ0) is 6.20. The van der Waals surface area contributed by atoms with Crippen molar-refractivity contribution >= 4 is 11.8 Å². The number of alkyl halides is 3. The van der Waals surface area contributed by atoms with E-state index in [0.29, 0.717) is 11.8 Å². The minimum Gasteiger partial charge on any atom is -0.246 e. The predicted octanol–water partition coefficient (Wildman–Crippen LogP) is 2.05. The number of hydrogen-bond donors (Lipinski definition) is 0. The van der Waals surface area contributed by atoms with Crippen LogP contribution in [0.2, 0.25) is 0 Å². The fourth-order valence-electron chi connectivity index (χ4n) is 0.588. The third kappa shape index (κ3) is 1.31. The van der Waals surface area contributed by atoms with Gasteiger partial charge < -0.3 is 0 Å². The summed E-state index contributed by atoms with van der Waals surface area (Å²) in [6, 6.07) is 0. The topological polar surface area (TPSA) is 0 Å². The summed E-state index contributed by atoms with van der Waals surface area (Å²) in [4.78, 5) is 0. The van der Waals surface area contributed by atoms with Gasteiger partial charge in [-0.25, -0.2) is 4.39 Å². The molecule has 0 aromatic rings. The van der Waals surface area contributed by atoms with E-state index in [0.717, 1.165) is 0 Å². The summed E-state index contributed by atoms with van der Waals surface area (Å²) in [6.45, 7) is 0. The van der Waals surface area contributed by atoms with Gasteiger partial charge in [0.2, 0.25) is 0 Å². The van der Waals surface area contributed by atoms with Gasteiger partial charge in [0.1, 0.15) is 6.17 Å². The molecule has 0 spiro atoms. The van der Waals surface area contributed by atoms with Crippen LogP contribution in [-0.2, 0) is 0 Å². The first-order valence-electron chi connectivity index (χ1n) is 2.26. The summed E-state index contributed by atoms with van der Waals surface area (Å²) in [5.74, 6) is -0.0486. The SMILES string of the molecule is FC1CSC(F)(F)C1. The van der Waals surface area contributed by atoms with Crippen LogP contribution in [0.3, 0.4) is 0 Å². The normalized spacial score (nSPS) is 35.6. The maximum Gasteiger partial charge on any atom is 0.296 e. The molecule has 0 N–H and O–H groups in total. The molecule has 0 amide bonds. The second-order valence-electron chi connectivity index (χ2n) is 1.75. The summed E-state index contributed by atoms with van der Waals surface area (Å²) >= 11 is 0.399. The van der Waals surface area contributed by atoms with Gasteiger partial charge in [-0.15, -0.1) is 0 Å². The van der Waals surface area contributed by atoms with Gasteiger partial charge in [-0.1, -0.05) is 11.8 Å². The Kier molecular flexibility index (Phi) is 1.43. The van der Waals surface area contributed by atoms with Gasteiger partial charge in [0.15, 0.2) is 0 Å². The molecule has 0 aromatic heterocycles. The zero-order valence-electron chi connectivity index (χ0n) is 4.03. The first-order chi connectivity index (χ1) is 3.60. The molecule has 1 saturated heterocycles. The van der Waals surface area contributed by atoms with Gasteiger partial charge in [-0.3, -0.25) is 0 Å². The minimum absolute atomic E-state index is 0.0486. The Balaban J connectivity index is 2.44. The van der Waals surface area contributed by atoms with Crippen molar-refractivity contribution in [2.75, 3.05) is 5.75 Å². The Morgan fingerprint density at radius 1 is 1.50 bits per heavy atom. The monoisotopic (exact) mass is 142 g/mol. The van der Waals surface area contributed by atoms with E-state index in [9.17, 15) is 13.2 Å². The molecule has 1 fully saturated rings. The summed E-state index contributed by atoms with van der Waals surface area (Å²) in [7, 11) is 0. The number of halogens is 3. The van der Waals surface area contributed by atoms with Crippen LogP contribution in [-0.4, -0.2) is 17.2 Å². The van der Waals surface area contributed by atoms with Gasteiger partial charge in [0, 0.05) is 5.75 Å². The Morgan fingerprint density at radius 2 is 2.12 bits per heavy atom. The largest absolute Gasteiger partial charge is 0.296 e. The van der Waals surface area contributed by atoms with Crippen molar-refractivity contribution in [2.45, 2.75) is 17.8 Å². The lowest BCUT2D eigenvalue weighted by molar-refractivity contribution is 0.0826. The molecule has 48 valence electrons. The minimum atomic E-state index is -2.79. The Labute approximate surface area is 49.4 Å². The lowest BCUT2D eigenvalue weighted by Gasteiger charge is -2.02. The lowest BCUT2D eigenvalue weighted by atomic mass is 10.3. The van der Waals surface area contributed by atoms with E-state index in [4.69, 9.17) is 0 Å². The number of rotatable bonds is 0. The third-order valence-corrected chi connectivity index (χ3v) is 2.05. The lowest BCUT2D eigenvalue weighted by Crippen LogP contribution is -2.06. The van der Waals surface area contributed by atoms with Crippen LogP contribution in [0.15, 0.2) is 0 Å². The Morgan fingerprint density at radius 3 is 2.25 bits per heavy atom. The summed E-state index contributed by atoms with van der Waals surface area (Å²) in [5.41, 5.74) is 0. The molecule has 8 heavy (non-hydrogen) atoms. The molecule has 0 nitrogen and oxygen atoms in total. The molecule has 0 bridgehead atoms. The maximum atomic E-state index is 11.9. The second-order valence-corrected chi connectivity index (χ2v) is 2.97. The van der Waals surface area contributed by atoms with Gasteiger partial charge >= 0.3 is 0 Å². The van der Waals surface area contributed by atoms with Crippen LogP contribution in [0.4, 0.5) is 13.2 Å². The van der Waals surface area contributed by atoms with Gasteiger partial charge in [-0.05, 0) is 0 Å². The van der Waals surface area contributed by atoms with E-state index in [2.05, 4.69) is 0 Å². The van der Waals surface area contributed by atoms with Crippen LogP contribution in [0.25, 0.3) is 0 Å². The van der Waals surface area contributed by atoms with Gasteiger partial charge in [0.05, 0.1) is 6.42 Å². The van der Waals surface area contributed by atoms with Gasteiger partial charge in [-0.2, -0.15) is 8.78 Å². The van der Waals surface area contributed by atoms with Crippen LogP contribution in [0.5, 0.6) is 0 Å². The molecule has 1 atom stereocenters. The van der Waals surface area contributed by atoms with Crippen LogP contribution >= 0.6 is 11.8 Å². The molecular weight excluding hydrogens is 137 g/mol. The van der Waals surface area contributed by atoms with Crippen molar-refractivity contribution in [1.29, 1.82) is 0 Å². The average Bonchev–Trinajstić information content (AvgIpc) is 1.82. The Hall–Kier alpha value is 0.140. The van der Waals surface area contributed by atoms with Crippen LogP contribution < -0.4 is 0 Å². The van der Waals surface area contributed by atoms with Crippen molar-refractivity contribution in [2.24, 2.45) is 0 Å². The highest BCUT2D eigenvalue weighted by Crippen LogP contribution is 2.41. The molecule has 0 aromatic carbocycles. The first kappa shape index (κ1) is 6.26. The van der Waals surface area contributed by atoms with Crippen molar-refractivity contribution in [3.63, 3.8) is 0 Å². The fourth-order valence-corrected chi connectivity index (χ4v) is 1.43. The highest BCUT2D eigenvalue weighted by atomic mass is 32.2. The molecule has 4 heteroatoms. The van der Waals surface area contributed by atoms with E-state index < -0.39 is 17.8 Å². The quantitative estimate of drug-likeness (QED) is 0.498. The molecule has 1 unspecified atom stereocenters. The van der Waals surface area contributed by atoms with Crippen LogP contribution in [0.1, 0.15) is 6.42 Å². The number of thioether (sulfide) groups is 1. The third-order valence-electron chi connectivity index (χ3n) is 0.934. The molecule has 1 aliphatic heterocycles. The fraction of sp³-hybridized carbons (Fsp3) is 1.00. The average molecular weight is 142 g/mol. The molecule has 0 aliphatic carbocycles. The smallest absolute Gasteiger partial charge is 0.246 e. The molecule has 1 heterocycles. The van der Waals surface area contributed by atoms with Crippen molar-refractivity contribution in [3.05, 3.63) is 0 Å². The van der Waals surface area contributed by atoms with E-state index in [1.807, 2.05) is 0 Å². The summed E-state index contributed by atoms with van der Waals surface area (Å²) < 4.78 is 35.8. The second kappa shape index (κ2) is 1.83. The molecule has 0 saturated carbocycles. The molecule has 1 rings (SSSR count). The van der Waals surface area contributed by atoms with E-state index in [1.54, 1.807) is 0 Å². The van der Waals surface area contributed by atoms with Crippen molar-refractivity contribution in [3.8, 4) is 0 Å². The standard InChI is InChI=1S/C4H5F3S/c5-3-1-4(6,7)8-2-3/h3H,1-2H2. The predicted molar refractivity (Wildman–Crippen MR) is 26.9 cm³/mol. The van der Waals surface area contributed by atoms with E-state index in [1.165, 1.54) is 0 Å². The molecular formula is C4H5F3S. The van der Waals surface area contributed by atoms with Crippen molar-refractivity contribution in [1.82, 2.24) is 0 Å². The number of hydrogen-bond acceptors (Lipinski definition) is 1. The first-order valence-corrected chi connectivity index (χ1v) is 3.24. The van der Waals surface area contributed by atoms with Crippen LogP contribution in [0, 0.1) is 0 Å². The Bertz CT molecular complexity index is 93.3. The van der Waals surface area contributed by atoms with E-state index >= 15 is 0 Å². The summed E-state index contributed by atoms with van der Waals surface area (Å²) in [6.07, 6.45) is -1.90. The van der Waals surface area contributed by atoms with Crippen molar-refractivity contribution < 1.29 is 13.2 Å². The highest BCUT2D eigenvalue weighted by Gasteiger charge is 2.40. The highest BCUT2D eigenvalue weighted by molar-refractivity contribution is 8.00. The molecule has 0 radical (unpaired) electrons.